The van der Waals surface area contributed by atoms with Crippen molar-refractivity contribution in [1.29, 1.82) is 0 Å². The van der Waals surface area contributed by atoms with Crippen LogP contribution in [-0.4, -0.2) is 50.3 Å². The Kier molecular flexibility index (Phi) is 7.68. The highest BCUT2D eigenvalue weighted by Gasteiger charge is 2.43. The van der Waals surface area contributed by atoms with E-state index in [-0.39, 0.29) is 24.9 Å². The highest BCUT2D eigenvalue weighted by Crippen LogP contribution is 2.46. The smallest absolute Gasteiger partial charge is 0.459 e. The van der Waals surface area contributed by atoms with E-state index >= 15 is 0 Å². The third-order valence-corrected chi connectivity index (χ3v) is 5.66. The number of esters is 1. The Morgan fingerprint density at radius 1 is 1.39 bits per heavy atom. The van der Waals surface area contributed by atoms with Gasteiger partial charge in [-0.05, 0) is 39.8 Å². The summed E-state index contributed by atoms with van der Waals surface area (Å²) in [6.45, 7) is 6.00. The molecule has 1 N–H and O–H groups in total. The van der Waals surface area contributed by atoms with E-state index in [4.69, 9.17) is 26.4 Å². The normalized spacial score (nSPS) is 27.9. The molecule has 1 unspecified atom stereocenters. The zero-order valence-corrected chi connectivity index (χ0v) is 17.4. The van der Waals surface area contributed by atoms with Crippen LogP contribution < -0.4 is 9.61 Å². The van der Waals surface area contributed by atoms with Gasteiger partial charge in [0.2, 0.25) is 0 Å². The summed E-state index contributed by atoms with van der Waals surface area (Å²) in [5.41, 5.74) is -1.71. The molecule has 1 fully saturated rings. The maximum atomic E-state index is 14.2. The third kappa shape index (κ3) is 6.59. The van der Waals surface area contributed by atoms with Gasteiger partial charge in [-0.1, -0.05) is 18.2 Å². The van der Waals surface area contributed by atoms with Gasteiger partial charge in [-0.3, -0.25) is 9.32 Å². The van der Waals surface area contributed by atoms with Crippen molar-refractivity contribution in [3.63, 3.8) is 0 Å². The van der Waals surface area contributed by atoms with Gasteiger partial charge in [0.25, 0.3) is 0 Å². The van der Waals surface area contributed by atoms with Crippen molar-refractivity contribution in [2.24, 2.45) is 0 Å². The molecule has 5 atom stereocenters. The highest BCUT2D eigenvalue weighted by atomic mass is 31.2. The molecule has 1 aliphatic rings. The van der Waals surface area contributed by atoms with Crippen LogP contribution in [0.15, 0.2) is 30.3 Å². The van der Waals surface area contributed by atoms with Crippen molar-refractivity contribution in [3.8, 4) is 5.75 Å². The van der Waals surface area contributed by atoms with Crippen LogP contribution in [-0.2, 0) is 23.4 Å². The maximum absolute atomic E-state index is 14.2. The van der Waals surface area contributed by atoms with E-state index in [0.29, 0.717) is 0 Å². The minimum absolute atomic E-state index is 0.00948. The predicted octanol–water partition coefficient (Wildman–Crippen LogP) is 3.13. The van der Waals surface area contributed by atoms with E-state index < -0.39 is 37.5 Å². The van der Waals surface area contributed by atoms with Crippen LogP contribution in [0.4, 0.5) is 4.39 Å². The minimum atomic E-state index is -4.00. The number of carbonyl (C=O) groups is 1. The average Bonchev–Trinajstić information content (AvgIpc) is 2.86. The Labute approximate surface area is 166 Å². The summed E-state index contributed by atoms with van der Waals surface area (Å²) < 4.78 is 48.8. The van der Waals surface area contributed by atoms with E-state index in [1.54, 1.807) is 44.2 Å². The average molecular weight is 413 g/mol. The molecule has 28 heavy (non-hydrogen) atoms. The molecule has 1 heterocycles. The van der Waals surface area contributed by atoms with Crippen LogP contribution in [0.1, 0.15) is 34.1 Å². The van der Waals surface area contributed by atoms with Gasteiger partial charge in [0.15, 0.2) is 0 Å². The molecule has 7 nitrogen and oxygen atoms in total. The topological polar surface area (TPSA) is 83.1 Å². The second-order valence-corrected chi connectivity index (χ2v) is 8.89. The Balaban J connectivity index is 2.07. The van der Waals surface area contributed by atoms with Gasteiger partial charge in [-0.15, -0.1) is 0 Å². The Morgan fingerprint density at radius 2 is 2.04 bits per heavy atom. The summed E-state index contributed by atoms with van der Waals surface area (Å²) in [7, 11) is 1.60. The molecule has 2 rings (SSSR count). The molecule has 0 aliphatic carbocycles. The number of ether oxygens (including phenoxy) is 2. The van der Waals surface area contributed by atoms with Crippen LogP contribution in [0, 0.1) is 0 Å². The molecular weight excluding hydrogens is 387 g/mol. The number of alkyl halides is 1. The van der Waals surface area contributed by atoms with Gasteiger partial charge in [-0.25, -0.2) is 8.96 Å². The number of nitrogens with one attached hydrogen (secondary N) is 1. The van der Waals surface area contributed by atoms with Crippen LogP contribution in [0.2, 0.25) is 0 Å². The summed E-state index contributed by atoms with van der Waals surface area (Å²) in [5, 5.41) is 2.56. The lowest BCUT2D eigenvalue weighted by atomic mass is 9.85. The zero-order valence-electron chi connectivity index (χ0n) is 16.5. The third-order valence-electron chi connectivity index (χ3n) is 4.02. The summed E-state index contributed by atoms with van der Waals surface area (Å²) in [6.07, 6.45) is -1.04. The molecule has 1 aromatic carbocycles. The Hall–Kier alpha value is -1.41. The number of halogens is 1. The lowest BCUT2D eigenvalue weighted by molar-refractivity contribution is -0.149. The lowest BCUT2D eigenvalue weighted by Crippen LogP contribution is -2.36. The van der Waals surface area contributed by atoms with Crippen molar-refractivity contribution < 1.29 is 32.3 Å². The van der Waals surface area contributed by atoms with E-state index in [1.807, 2.05) is 0 Å². The molecule has 10 heteroatoms. The Bertz CT molecular complexity index is 705. The molecule has 0 aromatic heterocycles. The molecule has 1 saturated heterocycles. The SMILES string of the molecule is [B][C@@H]1O[C@H](COP(=O)(N[C@H](C)C(=O)OC(C)C)Oc2ccccc2)C[C@@]1(C)F. The van der Waals surface area contributed by atoms with Crippen molar-refractivity contribution in [1.82, 2.24) is 5.09 Å². The molecule has 0 saturated carbocycles. The fraction of sp³-hybridized carbons (Fsp3) is 0.611. The quantitative estimate of drug-likeness (QED) is 0.378. The van der Waals surface area contributed by atoms with Crippen molar-refractivity contribution in [3.05, 3.63) is 30.3 Å². The number of rotatable bonds is 9. The van der Waals surface area contributed by atoms with Gasteiger partial charge in [0.05, 0.1) is 24.8 Å². The van der Waals surface area contributed by atoms with Gasteiger partial charge < -0.3 is 14.0 Å². The summed E-state index contributed by atoms with van der Waals surface area (Å²) in [6, 6.07) is 6.29. The van der Waals surface area contributed by atoms with Crippen LogP contribution in [0.5, 0.6) is 5.75 Å². The predicted molar refractivity (Wildman–Crippen MR) is 103 cm³/mol. The number of hydrogen-bond acceptors (Lipinski definition) is 6. The van der Waals surface area contributed by atoms with E-state index in [2.05, 4.69) is 5.09 Å². The first kappa shape index (κ1) is 22.9. The number of hydrogen-bond donors (Lipinski definition) is 1. The molecule has 0 amide bonds. The standard InChI is InChI=1S/C18H26BFNO6P/c1-12(2)25-16(22)13(3)21-28(23,27-14-8-6-5-7-9-14)24-11-15-10-18(4,20)17(19)26-15/h5-9,12-13,15,17H,10-11H2,1-4H3,(H,21,23)/t13-,15+,17-,18-,28?/m1/s1. The monoisotopic (exact) mass is 413 g/mol. The van der Waals surface area contributed by atoms with Crippen LogP contribution in [0.25, 0.3) is 0 Å². The molecule has 154 valence electrons. The van der Waals surface area contributed by atoms with Crippen molar-refractivity contribution >= 4 is 21.6 Å². The van der Waals surface area contributed by atoms with Gasteiger partial charge in [-0.2, -0.15) is 5.09 Å². The minimum Gasteiger partial charge on any atom is -0.462 e. The first-order valence-electron chi connectivity index (χ1n) is 9.08. The molecular formula is C18H26BFNO6P. The van der Waals surface area contributed by atoms with Crippen molar-refractivity contribution in [2.75, 3.05) is 6.61 Å². The van der Waals surface area contributed by atoms with Crippen LogP contribution >= 0.6 is 7.75 Å². The molecule has 1 aliphatic heterocycles. The fourth-order valence-corrected chi connectivity index (χ4v) is 4.09. The first-order valence-corrected chi connectivity index (χ1v) is 10.6. The highest BCUT2D eigenvalue weighted by molar-refractivity contribution is 7.52. The second-order valence-electron chi connectivity index (χ2n) is 7.19. The summed E-state index contributed by atoms with van der Waals surface area (Å²) in [4.78, 5) is 12.1. The summed E-state index contributed by atoms with van der Waals surface area (Å²) >= 11 is 0. The van der Waals surface area contributed by atoms with E-state index in [0.717, 1.165) is 0 Å². The molecule has 1 aromatic rings. The summed E-state index contributed by atoms with van der Waals surface area (Å²) in [5.74, 6) is -0.326. The zero-order chi connectivity index (χ0) is 20.9. The molecule has 0 spiro atoms. The fourth-order valence-electron chi connectivity index (χ4n) is 2.57. The largest absolute Gasteiger partial charge is 0.462 e. The van der Waals surface area contributed by atoms with Gasteiger partial charge >= 0.3 is 13.7 Å². The molecule has 2 radical (unpaired) electrons. The van der Waals surface area contributed by atoms with Crippen molar-refractivity contribution in [2.45, 2.75) is 64.0 Å². The van der Waals surface area contributed by atoms with E-state index in [9.17, 15) is 13.8 Å². The van der Waals surface area contributed by atoms with Gasteiger partial charge in [0.1, 0.15) is 25.3 Å². The lowest BCUT2D eigenvalue weighted by Gasteiger charge is -2.24. The van der Waals surface area contributed by atoms with Crippen LogP contribution in [0.3, 0.4) is 0 Å². The number of carbonyl (C=O) groups excluding carboxylic acids is 1. The maximum Gasteiger partial charge on any atom is 0.459 e. The van der Waals surface area contributed by atoms with E-state index in [1.165, 1.54) is 13.8 Å². The number of benzene rings is 1. The second kappa shape index (κ2) is 9.40. The number of para-hydroxylation sites is 1. The van der Waals surface area contributed by atoms with Gasteiger partial charge in [0, 0.05) is 6.42 Å². The first-order chi connectivity index (χ1) is 13.0. The Morgan fingerprint density at radius 3 is 2.57 bits per heavy atom. The molecule has 0 bridgehead atoms.